The van der Waals surface area contributed by atoms with Crippen LogP contribution in [0.25, 0.3) is 0 Å². The smallest absolute Gasteiger partial charge is 0.206 e. The van der Waals surface area contributed by atoms with Crippen molar-refractivity contribution in [3.8, 4) is 0 Å². The molecule has 0 radical (unpaired) electrons. The van der Waals surface area contributed by atoms with Gasteiger partial charge in [0.25, 0.3) is 9.05 Å². The molecule has 0 saturated heterocycles. The van der Waals surface area contributed by atoms with E-state index in [9.17, 15) is 8.42 Å². The molecule has 5 heteroatoms. The first-order chi connectivity index (χ1) is 7.95. The van der Waals surface area contributed by atoms with E-state index in [1.807, 2.05) is 31.2 Å². The molecule has 0 aliphatic rings. The van der Waals surface area contributed by atoms with Crippen LogP contribution in [-0.4, -0.2) is 8.42 Å². The van der Waals surface area contributed by atoms with Crippen molar-refractivity contribution in [1.29, 1.82) is 0 Å². The predicted octanol–water partition coefficient (Wildman–Crippen LogP) is 3.57. The van der Waals surface area contributed by atoms with Gasteiger partial charge in [-0.05, 0) is 24.6 Å². The van der Waals surface area contributed by atoms with Crippen molar-refractivity contribution < 1.29 is 8.42 Å². The fourth-order valence-electron chi connectivity index (χ4n) is 1.61. The molecular formula is C12H11ClO2S2. The summed E-state index contributed by atoms with van der Waals surface area (Å²) in [6.45, 7) is 2.03. The fraction of sp³-hybridized carbons (Fsp3) is 0.167. The van der Waals surface area contributed by atoms with E-state index in [1.165, 1.54) is 22.5 Å². The molecule has 0 amide bonds. The molecule has 0 bridgehead atoms. The Bertz CT molecular complexity index is 629. The van der Waals surface area contributed by atoms with E-state index in [4.69, 9.17) is 10.7 Å². The molecule has 0 spiro atoms. The molecule has 0 N–H and O–H groups in total. The number of hydrogen-bond donors (Lipinski definition) is 0. The van der Waals surface area contributed by atoms with Gasteiger partial charge in [-0.3, -0.25) is 0 Å². The van der Waals surface area contributed by atoms with Gasteiger partial charge in [-0.15, -0.1) is 11.3 Å². The average molecular weight is 287 g/mol. The summed E-state index contributed by atoms with van der Waals surface area (Å²) in [6, 6.07) is 11.5. The Morgan fingerprint density at radius 2 is 2.00 bits per heavy atom. The van der Waals surface area contributed by atoms with Gasteiger partial charge >= 0.3 is 0 Å². The average Bonchev–Trinajstić information content (AvgIpc) is 2.65. The van der Waals surface area contributed by atoms with Crippen LogP contribution in [0.1, 0.15) is 16.0 Å². The molecule has 1 aromatic heterocycles. The number of thiophene rings is 1. The first-order valence-electron chi connectivity index (χ1n) is 5.04. The third kappa shape index (κ3) is 3.31. The standard InChI is InChI=1S/C12H11ClO2S2/c1-9-3-2-4-10(7-9)8-11-5-6-12(16-11)17(13,14)15/h2-7H,8H2,1H3. The van der Waals surface area contributed by atoms with Crippen molar-refractivity contribution in [2.75, 3.05) is 0 Å². The summed E-state index contributed by atoms with van der Waals surface area (Å²) in [4.78, 5) is 0.995. The lowest BCUT2D eigenvalue weighted by Crippen LogP contribution is -1.85. The zero-order valence-corrected chi connectivity index (χ0v) is 11.6. The van der Waals surface area contributed by atoms with Crippen LogP contribution < -0.4 is 0 Å². The van der Waals surface area contributed by atoms with Gasteiger partial charge in [0, 0.05) is 22.0 Å². The summed E-state index contributed by atoms with van der Waals surface area (Å²) >= 11 is 1.22. The molecule has 0 unspecified atom stereocenters. The van der Waals surface area contributed by atoms with Crippen molar-refractivity contribution in [1.82, 2.24) is 0 Å². The number of aryl methyl sites for hydroxylation is 1. The maximum atomic E-state index is 11.1. The number of benzene rings is 1. The lowest BCUT2D eigenvalue weighted by molar-refractivity contribution is 0.611. The van der Waals surface area contributed by atoms with Crippen LogP contribution in [-0.2, 0) is 15.5 Å². The van der Waals surface area contributed by atoms with Crippen LogP contribution in [0, 0.1) is 6.92 Å². The van der Waals surface area contributed by atoms with Gasteiger partial charge in [-0.25, -0.2) is 8.42 Å². The zero-order valence-electron chi connectivity index (χ0n) is 9.18. The van der Waals surface area contributed by atoms with E-state index in [0.717, 1.165) is 11.3 Å². The van der Waals surface area contributed by atoms with Crippen molar-refractivity contribution in [2.24, 2.45) is 0 Å². The summed E-state index contributed by atoms with van der Waals surface area (Å²) in [5.41, 5.74) is 2.37. The van der Waals surface area contributed by atoms with Gasteiger partial charge in [0.15, 0.2) is 0 Å². The summed E-state index contributed by atoms with van der Waals surface area (Å²) in [5, 5.41) is 0. The fourth-order valence-corrected chi connectivity index (χ4v) is 3.76. The second-order valence-corrected chi connectivity index (χ2v) is 7.79. The molecule has 1 heterocycles. The zero-order chi connectivity index (χ0) is 12.5. The van der Waals surface area contributed by atoms with Crippen LogP contribution in [0.2, 0.25) is 0 Å². The lowest BCUT2D eigenvalue weighted by atomic mass is 10.1. The van der Waals surface area contributed by atoms with Gasteiger partial charge in [-0.2, -0.15) is 0 Å². The summed E-state index contributed by atoms with van der Waals surface area (Å²) in [6.07, 6.45) is 0.735. The van der Waals surface area contributed by atoms with Crippen LogP contribution in [0.4, 0.5) is 0 Å². The molecule has 2 rings (SSSR count). The van der Waals surface area contributed by atoms with E-state index in [1.54, 1.807) is 6.07 Å². The van der Waals surface area contributed by atoms with Gasteiger partial charge < -0.3 is 0 Å². The quantitative estimate of drug-likeness (QED) is 0.808. The highest BCUT2D eigenvalue weighted by Gasteiger charge is 2.13. The van der Waals surface area contributed by atoms with Crippen LogP contribution in [0.3, 0.4) is 0 Å². The first kappa shape index (κ1) is 12.6. The Labute approximate surface area is 109 Å². The molecule has 1 aromatic carbocycles. The lowest BCUT2D eigenvalue weighted by Gasteiger charge is -1.99. The Balaban J connectivity index is 2.23. The van der Waals surface area contributed by atoms with Crippen LogP contribution in [0.15, 0.2) is 40.6 Å². The summed E-state index contributed by atoms with van der Waals surface area (Å²) in [5.74, 6) is 0. The highest BCUT2D eigenvalue weighted by Crippen LogP contribution is 2.26. The molecule has 2 aromatic rings. The minimum Gasteiger partial charge on any atom is -0.206 e. The molecule has 0 aliphatic heterocycles. The number of rotatable bonds is 3. The Morgan fingerprint density at radius 3 is 2.59 bits per heavy atom. The van der Waals surface area contributed by atoms with Crippen molar-refractivity contribution in [3.05, 3.63) is 52.4 Å². The van der Waals surface area contributed by atoms with Crippen LogP contribution >= 0.6 is 22.0 Å². The van der Waals surface area contributed by atoms with Gasteiger partial charge in [0.2, 0.25) is 0 Å². The number of halogens is 1. The first-order valence-corrected chi connectivity index (χ1v) is 8.17. The van der Waals surface area contributed by atoms with Crippen LogP contribution in [0.5, 0.6) is 0 Å². The van der Waals surface area contributed by atoms with Gasteiger partial charge in [0.1, 0.15) is 4.21 Å². The van der Waals surface area contributed by atoms with E-state index >= 15 is 0 Å². The SMILES string of the molecule is Cc1cccc(Cc2ccc(S(=O)(=O)Cl)s2)c1. The third-order valence-corrected chi connectivity index (χ3v) is 5.52. The summed E-state index contributed by atoms with van der Waals surface area (Å²) in [7, 11) is 1.69. The Morgan fingerprint density at radius 1 is 1.24 bits per heavy atom. The van der Waals surface area contributed by atoms with Crippen molar-refractivity contribution in [2.45, 2.75) is 17.6 Å². The topological polar surface area (TPSA) is 34.1 Å². The Kier molecular flexibility index (Phi) is 3.56. The van der Waals surface area contributed by atoms with Crippen molar-refractivity contribution in [3.63, 3.8) is 0 Å². The highest BCUT2D eigenvalue weighted by atomic mass is 35.7. The monoisotopic (exact) mass is 286 g/mol. The van der Waals surface area contributed by atoms with Crippen molar-refractivity contribution >= 4 is 31.1 Å². The molecule has 17 heavy (non-hydrogen) atoms. The molecule has 0 atom stereocenters. The van der Waals surface area contributed by atoms with Gasteiger partial charge in [-0.1, -0.05) is 29.8 Å². The predicted molar refractivity (Wildman–Crippen MR) is 71.3 cm³/mol. The largest absolute Gasteiger partial charge is 0.270 e. The highest BCUT2D eigenvalue weighted by molar-refractivity contribution is 8.15. The minimum atomic E-state index is -3.59. The normalized spacial score (nSPS) is 11.6. The van der Waals surface area contributed by atoms with Gasteiger partial charge in [0.05, 0.1) is 0 Å². The molecule has 0 fully saturated rings. The molecule has 0 aliphatic carbocycles. The molecule has 90 valence electrons. The van der Waals surface area contributed by atoms with E-state index in [2.05, 4.69) is 6.07 Å². The summed E-state index contributed by atoms with van der Waals surface area (Å²) < 4.78 is 22.5. The van der Waals surface area contributed by atoms with E-state index < -0.39 is 9.05 Å². The molecular weight excluding hydrogens is 276 g/mol. The second-order valence-electron chi connectivity index (χ2n) is 3.82. The van der Waals surface area contributed by atoms with E-state index in [0.29, 0.717) is 0 Å². The Hall–Kier alpha value is -0.840. The minimum absolute atomic E-state index is 0.210. The maximum Gasteiger partial charge on any atom is 0.270 e. The van der Waals surface area contributed by atoms with E-state index in [-0.39, 0.29) is 4.21 Å². The molecule has 2 nitrogen and oxygen atoms in total. The maximum absolute atomic E-state index is 11.1. The number of hydrogen-bond acceptors (Lipinski definition) is 3. The second kappa shape index (κ2) is 4.80. The third-order valence-electron chi connectivity index (χ3n) is 2.34. The molecule has 0 saturated carbocycles.